The van der Waals surface area contributed by atoms with Crippen LogP contribution in [0, 0.1) is 13.8 Å². The number of carbonyl (C=O) groups is 2. The lowest BCUT2D eigenvalue weighted by Crippen LogP contribution is -2.15. The average molecular weight is 403 g/mol. The van der Waals surface area contributed by atoms with E-state index in [1.165, 1.54) is 4.57 Å². The molecular weight excluding hydrogens is 385 g/mol. The van der Waals surface area contributed by atoms with Crippen LogP contribution in [0.15, 0.2) is 18.2 Å². The molecule has 0 aliphatic carbocycles. The zero-order valence-corrected chi connectivity index (χ0v) is 15.9. The van der Waals surface area contributed by atoms with Gasteiger partial charge in [-0.1, -0.05) is 11.6 Å². The van der Waals surface area contributed by atoms with Crippen LogP contribution in [0.25, 0.3) is 0 Å². The van der Waals surface area contributed by atoms with Gasteiger partial charge >= 0.3 is 12.1 Å². The third kappa shape index (κ3) is 4.10. The normalized spacial score (nSPS) is 11.4. The van der Waals surface area contributed by atoms with Gasteiger partial charge in [-0.25, -0.2) is 4.79 Å². The molecule has 1 aromatic carbocycles. The number of halogens is 4. The first-order valence-electron chi connectivity index (χ1n) is 8.00. The fourth-order valence-electron chi connectivity index (χ4n) is 2.78. The van der Waals surface area contributed by atoms with Crippen LogP contribution in [0.4, 0.5) is 18.9 Å². The summed E-state index contributed by atoms with van der Waals surface area (Å²) in [5, 5.41) is 2.36. The highest BCUT2D eigenvalue weighted by molar-refractivity contribution is 6.34. The number of nitrogens with one attached hydrogen (secondary N) is 1. The molecule has 1 N–H and O–H groups in total. The van der Waals surface area contributed by atoms with E-state index in [1.54, 1.807) is 27.8 Å². The summed E-state index contributed by atoms with van der Waals surface area (Å²) >= 11 is 5.92. The summed E-state index contributed by atoms with van der Waals surface area (Å²) in [7, 11) is 1.60. The quantitative estimate of drug-likeness (QED) is 0.751. The number of ether oxygens (including phenoxy) is 1. The molecule has 9 heteroatoms. The molecule has 1 aromatic heterocycles. The summed E-state index contributed by atoms with van der Waals surface area (Å²) < 4.78 is 45.2. The molecule has 0 unspecified atom stereocenters. The van der Waals surface area contributed by atoms with Crippen LogP contribution < -0.4 is 5.32 Å². The summed E-state index contributed by atoms with van der Waals surface area (Å²) in [5.74, 6) is -1.26. The van der Waals surface area contributed by atoms with Crippen molar-refractivity contribution in [3.63, 3.8) is 0 Å². The van der Waals surface area contributed by atoms with E-state index in [9.17, 15) is 22.8 Å². The molecular formula is C18H18ClF3N2O3. The molecule has 0 saturated carbocycles. The van der Waals surface area contributed by atoms with Crippen LogP contribution >= 0.6 is 11.6 Å². The maximum absolute atomic E-state index is 12.9. The Labute approximate surface area is 159 Å². The Morgan fingerprint density at radius 3 is 2.44 bits per heavy atom. The zero-order chi connectivity index (χ0) is 20.5. The number of rotatable bonds is 4. The lowest BCUT2D eigenvalue weighted by atomic mass is 10.1. The number of hydrogen-bond acceptors (Lipinski definition) is 3. The van der Waals surface area contributed by atoms with E-state index < -0.39 is 23.6 Å². The first-order valence-corrected chi connectivity index (χ1v) is 8.37. The molecule has 146 valence electrons. The van der Waals surface area contributed by atoms with Crippen molar-refractivity contribution in [2.24, 2.45) is 7.05 Å². The maximum Gasteiger partial charge on any atom is 0.416 e. The van der Waals surface area contributed by atoms with Crippen LogP contribution in [-0.2, 0) is 18.0 Å². The Morgan fingerprint density at radius 1 is 1.26 bits per heavy atom. The van der Waals surface area contributed by atoms with Gasteiger partial charge in [0.25, 0.3) is 5.91 Å². The second kappa shape index (κ2) is 7.64. The minimum Gasteiger partial charge on any atom is -0.461 e. The van der Waals surface area contributed by atoms with Gasteiger partial charge in [-0.2, -0.15) is 13.2 Å². The zero-order valence-electron chi connectivity index (χ0n) is 15.1. The Balaban J connectivity index is 2.43. The molecule has 0 spiro atoms. The fraction of sp³-hybridized carbons (Fsp3) is 0.333. The second-order valence-corrected chi connectivity index (χ2v) is 6.27. The van der Waals surface area contributed by atoms with Crippen molar-refractivity contribution < 1.29 is 27.5 Å². The smallest absolute Gasteiger partial charge is 0.416 e. The molecule has 1 heterocycles. The summed E-state index contributed by atoms with van der Waals surface area (Å²) in [5.41, 5.74) is 0.113. The number of esters is 1. The van der Waals surface area contributed by atoms with Crippen LogP contribution in [-0.4, -0.2) is 23.1 Å². The van der Waals surface area contributed by atoms with Gasteiger partial charge in [0.15, 0.2) is 0 Å². The Hall–Kier alpha value is -2.48. The minimum absolute atomic E-state index is 0.0341. The van der Waals surface area contributed by atoms with Gasteiger partial charge in [0.1, 0.15) is 5.69 Å². The maximum atomic E-state index is 12.9. The lowest BCUT2D eigenvalue weighted by Gasteiger charge is -2.12. The van der Waals surface area contributed by atoms with Crippen LogP contribution in [0.5, 0.6) is 0 Å². The topological polar surface area (TPSA) is 60.3 Å². The van der Waals surface area contributed by atoms with Crippen molar-refractivity contribution in [3.8, 4) is 0 Å². The monoisotopic (exact) mass is 402 g/mol. The number of anilines is 1. The van der Waals surface area contributed by atoms with Crippen molar-refractivity contribution in [2.45, 2.75) is 26.9 Å². The van der Waals surface area contributed by atoms with Gasteiger partial charge < -0.3 is 14.6 Å². The van der Waals surface area contributed by atoms with Gasteiger partial charge in [0, 0.05) is 12.7 Å². The van der Waals surface area contributed by atoms with Crippen molar-refractivity contribution >= 4 is 29.2 Å². The highest BCUT2D eigenvalue weighted by Crippen LogP contribution is 2.34. The Morgan fingerprint density at radius 2 is 1.89 bits per heavy atom. The number of alkyl halides is 3. The van der Waals surface area contributed by atoms with Gasteiger partial charge in [-0.05, 0) is 44.5 Å². The van der Waals surface area contributed by atoms with E-state index in [4.69, 9.17) is 16.3 Å². The van der Waals surface area contributed by atoms with E-state index in [-0.39, 0.29) is 28.6 Å². The molecule has 2 rings (SSSR count). The SMILES string of the molecule is CCOC(=O)c1c(C)c(C(=O)Nc2cc(C(F)(F)F)ccc2Cl)c(C)n1C. The van der Waals surface area contributed by atoms with E-state index in [2.05, 4.69) is 5.32 Å². The summed E-state index contributed by atoms with van der Waals surface area (Å²) in [6, 6.07) is 2.66. The minimum atomic E-state index is -4.57. The fourth-order valence-corrected chi connectivity index (χ4v) is 2.95. The van der Waals surface area contributed by atoms with Crippen molar-refractivity contribution in [1.82, 2.24) is 4.57 Å². The van der Waals surface area contributed by atoms with Crippen molar-refractivity contribution in [3.05, 3.63) is 51.3 Å². The van der Waals surface area contributed by atoms with Crippen LogP contribution in [0.2, 0.25) is 5.02 Å². The molecule has 0 aliphatic rings. The average Bonchev–Trinajstić information content (AvgIpc) is 2.78. The Bertz CT molecular complexity index is 904. The summed E-state index contributed by atoms with van der Waals surface area (Å²) in [6.07, 6.45) is -4.57. The highest BCUT2D eigenvalue weighted by atomic mass is 35.5. The molecule has 2 aromatic rings. The largest absolute Gasteiger partial charge is 0.461 e. The molecule has 0 bridgehead atoms. The molecule has 1 amide bonds. The van der Waals surface area contributed by atoms with Crippen LogP contribution in [0.1, 0.15) is 44.6 Å². The molecule has 0 aliphatic heterocycles. The highest BCUT2D eigenvalue weighted by Gasteiger charge is 2.31. The molecule has 5 nitrogen and oxygen atoms in total. The van der Waals surface area contributed by atoms with Gasteiger partial charge in [0.05, 0.1) is 28.4 Å². The first-order chi connectivity index (χ1) is 12.5. The molecule has 0 atom stereocenters. The number of hydrogen-bond donors (Lipinski definition) is 1. The predicted molar refractivity (Wildman–Crippen MR) is 95.3 cm³/mol. The van der Waals surface area contributed by atoms with E-state index >= 15 is 0 Å². The van der Waals surface area contributed by atoms with Gasteiger partial charge in [-0.3, -0.25) is 4.79 Å². The Kier molecular flexibility index (Phi) is 5.89. The van der Waals surface area contributed by atoms with Gasteiger partial charge in [0.2, 0.25) is 0 Å². The lowest BCUT2D eigenvalue weighted by molar-refractivity contribution is -0.137. The second-order valence-electron chi connectivity index (χ2n) is 5.86. The molecule has 0 radical (unpaired) electrons. The number of amides is 1. The van der Waals surface area contributed by atoms with Crippen LogP contribution in [0.3, 0.4) is 0 Å². The van der Waals surface area contributed by atoms with E-state index in [0.29, 0.717) is 11.3 Å². The molecule has 27 heavy (non-hydrogen) atoms. The van der Waals surface area contributed by atoms with Gasteiger partial charge in [-0.15, -0.1) is 0 Å². The molecule has 0 fully saturated rings. The number of carbonyl (C=O) groups excluding carboxylic acids is 2. The van der Waals surface area contributed by atoms with E-state index in [0.717, 1.165) is 18.2 Å². The van der Waals surface area contributed by atoms with E-state index in [1.807, 2.05) is 0 Å². The third-order valence-electron chi connectivity index (χ3n) is 4.17. The number of aromatic nitrogens is 1. The predicted octanol–water partition coefficient (Wildman–Crippen LogP) is 4.74. The summed E-state index contributed by atoms with van der Waals surface area (Å²) in [6.45, 7) is 5.02. The van der Waals surface area contributed by atoms with Crippen molar-refractivity contribution in [1.29, 1.82) is 0 Å². The first kappa shape index (κ1) is 20.8. The number of benzene rings is 1. The number of nitrogens with zero attached hydrogens (tertiary/aromatic N) is 1. The standard InChI is InChI=1S/C18H18ClF3N2O3/c1-5-27-17(26)15-9(2)14(10(3)24(15)4)16(25)23-13-8-11(18(20,21)22)6-7-12(13)19/h6-8H,5H2,1-4H3,(H,23,25). The third-order valence-corrected chi connectivity index (χ3v) is 4.50. The summed E-state index contributed by atoms with van der Waals surface area (Å²) in [4.78, 5) is 24.8. The van der Waals surface area contributed by atoms with Crippen molar-refractivity contribution in [2.75, 3.05) is 11.9 Å². The molecule has 0 saturated heterocycles.